The van der Waals surface area contributed by atoms with Crippen molar-refractivity contribution in [2.45, 2.75) is 49.1 Å². The van der Waals surface area contributed by atoms with E-state index in [1.54, 1.807) is 0 Å². The highest BCUT2D eigenvalue weighted by Gasteiger charge is 2.51. The molecule has 2 aliphatic heterocycles. The number of aliphatic hydroxyl groups excluding tert-OH is 3. The molecule has 48 heavy (non-hydrogen) atoms. The number of phosphoric ester groups is 3. The van der Waals surface area contributed by atoms with Gasteiger partial charge < -0.3 is 55.8 Å². The highest BCUT2D eigenvalue weighted by atomic mass is 31.3. The van der Waals surface area contributed by atoms with E-state index in [9.17, 15) is 53.4 Å². The quantitative estimate of drug-likeness (QED) is 0.0626. The Hall–Kier alpha value is -2.86. The summed E-state index contributed by atoms with van der Waals surface area (Å²) >= 11 is 0. The summed E-state index contributed by atoms with van der Waals surface area (Å²) in [7, 11) is -16.3. The minimum absolute atomic E-state index is 0.00286. The van der Waals surface area contributed by atoms with Crippen LogP contribution in [0.15, 0.2) is 37.2 Å². The number of imidazole rings is 1. The van der Waals surface area contributed by atoms with E-state index in [-0.39, 0.29) is 22.5 Å². The maximum absolute atomic E-state index is 12.6. The van der Waals surface area contributed by atoms with Crippen molar-refractivity contribution in [3.8, 4) is 0 Å². The molecule has 2 aliphatic rings. The highest BCUT2D eigenvalue weighted by molar-refractivity contribution is 7.61. The molecule has 3 aromatic rings. The number of ether oxygens (including phenoxy) is 2. The topological polar surface area (TPSA) is 365 Å². The molecule has 0 spiro atoms. The molecule has 0 radical (unpaired) electrons. The number of primary amides is 1. The number of amides is 1. The van der Waals surface area contributed by atoms with Crippen LogP contribution in [0.4, 0.5) is 5.82 Å². The summed E-state index contributed by atoms with van der Waals surface area (Å²) in [6.45, 7) is -2.03. The maximum Gasteiger partial charge on any atom is 0.481 e. The minimum atomic E-state index is -5.52. The van der Waals surface area contributed by atoms with Gasteiger partial charge in [-0.3, -0.25) is 22.9 Å². The molecule has 1 amide bonds. The summed E-state index contributed by atoms with van der Waals surface area (Å²) in [5.74, 6) is -0.848. The molecule has 0 aliphatic carbocycles. The lowest BCUT2D eigenvalue weighted by Crippen LogP contribution is -2.46. The second-order valence-corrected chi connectivity index (χ2v) is 14.5. The SMILES string of the molecule is NC(=O)c1ccc[n+]([C@@H]2O[C@H](COP(=O)(O)OP(=O)(O)OC[C@H]3O[C@@H](n4cnc5c(N)ncnc54)[C@H](OP(=O)(O)O)[C@@H]3O)[C@H](O)[C@H]2O)c1. The molecule has 0 bridgehead atoms. The number of nitrogen functional groups attached to an aromatic ring is 1. The number of nitrogens with two attached hydrogens (primary N) is 2. The Kier molecular flexibility index (Phi) is 10.5. The van der Waals surface area contributed by atoms with Crippen LogP contribution in [0.3, 0.4) is 0 Å². The molecule has 24 nitrogen and oxygen atoms in total. The van der Waals surface area contributed by atoms with Crippen molar-refractivity contribution < 1.29 is 85.3 Å². The monoisotopic (exact) mass is 744 g/mol. The van der Waals surface area contributed by atoms with Crippen LogP contribution < -0.4 is 16.0 Å². The lowest BCUT2D eigenvalue weighted by Gasteiger charge is -2.22. The Labute approximate surface area is 267 Å². The number of fused-ring (bicyclic) bond motifs is 1. The number of phosphoric acid groups is 3. The zero-order valence-corrected chi connectivity index (χ0v) is 26.6. The van der Waals surface area contributed by atoms with Crippen molar-refractivity contribution in [2.75, 3.05) is 18.9 Å². The Balaban J connectivity index is 1.21. The summed E-state index contributed by atoms with van der Waals surface area (Å²) in [5, 5.41) is 31.5. The van der Waals surface area contributed by atoms with E-state index >= 15 is 0 Å². The number of rotatable bonds is 13. The molecule has 10 atom stereocenters. The van der Waals surface area contributed by atoms with Gasteiger partial charge in [0.25, 0.3) is 12.1 Å². The first-order valence-electron chi connectivity index (χ1n) is 13.3. The number of aliphatic hydroxyl groups is 3. The van der Waals surface area contributed by atoms with Crippen LogP contribution in [0, 0.1) is 0 Å². The number of nitrogens with zero attached hydrogens (tertiary/aromatic N) is 5. The number of anilines is 1. The molecule has 2 fully saturated rings. The first kappa shape index (κ1) is 36.4. The second kappa shape index (κ2) is 13.8. The third-order valence-corrected chi connectivity index (χ3v) is 10.1. The number of carbonyl (C=O) groups is 1. The van der Waals surface area contributed by atoms with Gasteiger partial charge in [-0.1, -0.05) is 0 Å². The van der Waals surface area contributed by atoms with E-state index in [1.165, 1.54) is 29.1 Å². The van der Waals surface area contributed by atoms with Crippen molar-refractivity contribution in [1.82, 2.24) is 19.5 Å². The van der Waals surface area contributed by atoms with Gasteiger partial charge in [0, 0.05) is 6.07 Å². The standard InChI is InChI=1S/C21H28N7O17P3/c22-17-12-19(25-7-24-17)28(8-26-12)21-16(44-46(33,34)35)14(30)11(43-21)6-41-48(38,39)45-47(36,37)40-5-10-13(29)15(31)20(42-10)27-3-1-2-9(4-27)18(23)32/h1-4,7-8,10-11,13-16,20-21,29-31H,5-6H2,(H7-,22,23,24,25,32,33,34,35,36,37,38,39)/p+1/t10-,11-,13+,14-,15-,16-,20-,21-/m1/s1. The van der Waals surface area contributed by atoms with Crippen LogP contribution in [-0.4, -0.2) is 110 Å². The van der Waals surface area contributed by atoms with Crippen molar-refractivity contribution in [2.24, 2.45) is 5.73 Å². The van der Waals surface area contributed by atoms with Gasteiger partial charge in [-0.05, 0) is 6.07 Å². The molecule has 2 saturated heterocycles. The summed E-state index contributed by atoms with van der Waals surface area (Å²) in [5.41, 5.74) is 11.1. The Morgan fingerprint density at radius 3 is 2.23 bits per heavy atom. The normalized spacial score (nSPS) is 30.3. The van der Waals surface area contributed by atoms with Gasteiger partial charge in [-0.2, -0.15) is 8.88 Å². The van der Waals surface area contributed by atoms with E-state index < -0.39 is 91.7 Å². The fourth-order valence-electron chi connectivity index (χ4n) is 4.83. The van der Waals surface area contributed by atoms with Crippen LogP contribution >= 0.6 is 23.5 Å². The van der Waals surface area contributed by atoms with Gasteiger partial charge in [-0.25, -0.2) is 28.6 Å². The first-order valence-corrected chi connectivity index (χ1v) is 17.9. The van der Waals surface area contributed by atoms with Crippen LogP contribution in [0.2, 0.25) is 0 Å². The van der Waals surface area contributed by atoms with Gasteiger partial charge in [0.2, 0.25) is 0 Å². The predicted octanol–water partition coefficient (Wildman–Crippen LogP) is -2.90. The Morgan fingerprint density at radius 2 is 1.60 bits per heavy atom. The largest absolute Gasteiger partial charge is 0.481 e. The molecule has 3 aromatic heterocycles. The number of carbonyl (C=O) groups excluding carboxylic acids is 1. The molecule has 11 N–H and O–H groups in total. The summed E-state index contributed by atoms with van der Waals surface area (Å²) < 4.78 is 68.4. The van der Waals surface area contributed by atoms with Gasteiger partial charge in [0.15, 0.2) is 36.2 Å². The molecule has 2 unspecified atom stereocenters. The lowest BCUT2D eigenvalue weighted by molar-refractivity contribution is -0.765. The smallest absolute Gasteiger partial charge is 0.387 e. The summed E-state index contributed by atoms with van der Waals surface area (Å²) in [6.07, 6.45) is -8.39. The zero-order valence-electron chi connectivity index (χ0n) is 23.9. The van der Waals surface area contributed by atoms with Crippen LogP contribution in [0.25, 0.3) is 11.2 Å². The van der Waals surface area contributed by atoms with Crippen LogP contribution in [0.1, 0.15) is 22.8 Å². The van der Waals surface area contributed by atoms with Crippen LogP contribution in [-0.2, 0) is 41.1 Å². The highest BCUT2D eigenvalue weighted by Crippen LogP contribution is 2.61. The van der Waals surface area contributed by atoms with Crippen molar-refractivity contribution in [1.29, 1.82) is 0 Å². The fourth-order valence-corrected chi connectivity index (χ4v) is 7.47. The van der Waals surface area contributed by atoms with E-state index in [1.807, 2.05) is 0 Å². The Morgan fingerprint density at radius 1 is 0.958 bits per heavy atom. The van der Waals surface area contributed by atoms with E-state index in [2.05, 4.69) is 23.8 Å². The molecule has 0 saturated carbocycles. The summed E-state index contributed by atoms with van der Waals surface area (Å²) in [6, 6.07) is 2.79. The average molecular weight is 744 g/mol. The number of pyridine rings is 1. The molecular formula is C21H29N7O17P3+. The third kappa shape index (κ3) is 8.12. The van der Waals surface area contributed by atoms with Gasteiger partial charge in [-0.15, -0.1) is 0 Å². The third-order valence-electron chi connectivity index (χ3n) is 6.98. The summed E-state index contributed by atoms with van der Waals surface area (Å²) in [4.78, 5) is 62.2. The van der Waals surface area contributed by atoms with Gasteiger partial charge >= 0.3 is 23.5 Å². The molecule has 27 heteroatoms. The lowest BCUT2D eigenvalue weighted by atomic mass is 10.1. The predicted molar refractivity (Wildman–Crippen MR) is 150 cm³/mol. The zero-order chi connectivity index (χ0) is 35.2. The van der Waals surface area contributed by atoms with E-state index in [0.717, 1.165) is 17.2 Å². The van der Waals surface area contributed by atoms with Gasteiger partial charge in [0.05, 0.1) is 19.5 Å². The fraction of sp³-hybridized carbons (Fsp3) is 0.476. The Bertz CT molecular complexity index is 1810. The van der Waals surface area contributed by atoms with Crippen molar-refractivity contribution >= 4 is 46.4 Å². The van der Waals surface area contributed by atoms with Crippen molar-refractivity contribution in [3.63, 3.8) is 0 Å². The molecule has 5 rings (SSSR count). The molecular weight excluding hydrogens is 715 g/mol. The molecule has 264 valence electrons. The van der Waals surface area contributed by atoms with Gasteiger partial charge in [0.1, 0.15) is 47.9 Å². The maximum atomic E-state index is 12.6. The van der Waals surface area contributed by atoms with E-state index in [4.69, 9.17) is 30.0 Å². The number of aromatic nitrogens is 5. The number of hydrogen-bond acceptors (Lipinski definition) is 17. The second-order valence-electron chi connectivity index (χ2n) is 10.3. The average Bonchev–Trinajstić information content (AvgIpc) is 3.64. The van der Waals surface area contributed by atoms with E-state index in [0.29, 0.717) is 0 Å². The number of hydrogen-bond donors (Lipinski definition) is 9. The molecule has 5 heterocycles. The minimum Gasteiger partial charge on any atom is -0.387 e. The first-order chi connectivity index (χ1) is 22.4. The molecule has 0 aromatic carbocycles. The van der Waals surface area contributed by atoms with Crippen molar-refractivity contribution in [3.05, 3.63) is 42.7 Å². The van der Waals surface area contributed by atoms with Crippen LogP contribution in [0.5, 0.6) is 0 Å².